The predicted molar refractivity (Wildman–Crippen MR) is 91.2 cm³/mol. The highest BCUT2D eigenvalue weighted by Crippen LogP contribution is 2.32. The van der Waals surface area contributed by atoms with Gasteiger partial charge in [-0.25, -0.2) is 0 Å². The van der Waals surface area contributed by atoms with E-state index in [9.17, 15) is 4.79 Å². The number of nitrogens with two attached hydrogens (primary N) is 1. The van der Waals surface area contributed by atoms with Crippen LogP contribution in [0.4, 0.5) is 0 Å². The van der Waals surface area contributed by atoms with Crippen LogP contribution in [0.3, 0.4) is 0 Å². The van der Waals surface area contributed by atoms with Gasteiger partial charge in [0.1, 0.15) is 0 Å². The van der Waals surface area contributed by atoms with Crippen molar-refractivity contribution in [1.29, 1.82) is 0 Å². The highest BCUT2D eigenvalue weighted by atomic mass is 35.5. The van der Waals surface area contributed by atoms with Crippen molar-refractivity contribution in [1.82, 2.24) is 10.2 Å². The first-order chi connectivity index (χ1) is 10.5. The van der Waals surface area contributed by atoms with Crippen LogP contribution in [0.1, 0.15) is 31.4 Å². The van der Waals surface area contributed by atoms with E-state index in [0.29, 0.717) is 23.1 Å². The number of likely N-dealkylation sites (tertiary alicyclic amines) is 1. The molecule has 1 heterocycles. The number of piperidine rings is 1. The molecule has 1 aliphatic heterocycles. The van der Waals surface area contributed by atoms with Crippen molar-refractivity contribution in [2.75, 3.05) is 26.2 Å². The Kier molecular flexibility index (Phi) is 6.50. The van der Waals surface area contributed by atoms with Crippen LogP contribution in [-0.4, -0.2) is 37.0 Å². The maximum absolute atomic E-state index is 12.1. The van der Waals surface area contributed by atoms with E-state index in [4.69, 9.17) is 28.9 Å². The van der Waals surface area contributed by atoms with Crippen LogP contribution in [0.25, 0.3) is 0 Å². The van der Waals surface area contributed by atoms with Gasteiger partial charge >= 0.3 is 0 Å². The van der Waals surface area contributed by atoms with Crippen molar-refractivity contribution in [3.8, 4) is 0 Å². The molecule has 3 N–H and O–H groups in total. The van der Waals surface area contributed by atoms with Crippen LogP contribution in [0.2, 0.25) is 10.0 Å². The molecule has 0 spiro atoms. The lowest BCUT2D eigenvalue weighted by Gasteiger charge is -2.36. The third-order valence-electron chi connectivity index (χ3n) is 4.23. The molecule has 2 rings (SSSR count). The maximum Gasteiger partial charge on any atom is 0.224 e. The Bertz CT molecular complexity index is 524. The van der Waals surface area contributed by atoms with Crippen LogP contribution >= 0.6 is 23.2 Å². The summed E-state index contributed by atoms with van der Waals surface area (Å²) < 4.78 is 0. The van der Waals surface area contributed by atoms with E-state index in [2.05, 4.69) is 17.1 Å². The number of hydrogen-bond acceptors (Lipinski definition) is 3. The number of nitrogens with zero attached hydrogens (tertiary/aromatic N) is 1. The van der Waals surface area contributed by atoms with Gasteiger partial charge in [0.25, 0.3) is 0 Å². The van der Waals surface area contributed by atoms with E-state index in [-0.39, 0.29) is 17.9 Å². The summed E-state index contributed by atoms with van der Waals surface area (Å²) in [4.78, 5) is 14.4. The Morgan fingerprint density at radius 1 is 1.50 bits per heavy atom. The Balaban J connectivity index is 2.03. The van der Waals surface area contributed by atoms with Gasteiger partial charge in [-0.1, -0.05) is 29.3 Å². The van der Waals surface area contributed by atoms with Crippen LogP contribution in [0.5, 0.6) is 0 Å². The van der Waals surface area contributed by atoms with Gasteiger partial charge in [-0.05, 0) is 44.0 Å². The molecule has 22 heavy (non-hydrogen) atoms. The zero-order valence-corrected chi connectivity index (χ0v) is 14.3. The van der Waals surface area contributed by atoms with Crippen molar-refractivity contribution < 1.29 is 4.79 Å². The van der Waals surface area contributed by atoms with Gasteiger partial charge in [-0.15, -0.1) is 0 Å². The highest BCUT2D eigenvalue weighted by molar-refractivity contribution is 6.35. The molecule has 1 aliphatic rings. The zero-order chi connectivity index (χ0) is 16.1. The minimum Gasteiger partial charge on any atom is -0.355 e. The number of amides is 1. The molecular weight excluding hydrogens is 321 g/mol. The Morgan fingerprint density at radius 2 is 2.27 bits per heavy atom. The summed E-state index contributed by atoms with van der Waals surface area (Å²) in [6.07, 6.45) is 1.93. The predicted octanol–water partition coefficient (Wildman–Crippen LogP) is 2.84. The van der Waals surface area contributed by atoms with Crippen molar-refractivity contribution in [2.45, 2.75) is 25.8 Å². The smallest absolute Gasteiger partial charge is 0.224 e. The summed E-state index contributed by atoms with van der Waals surface area (Å²) in [5, 5.41) is 4.20. The van der Waals surface area contributed by atoms with Crippen molar-refractivity contribution in [3.05, 3.63) is 33.8 Å². The third kappa shape index (κ3) is 4.35. The highest BCUT2D eigenvalue weighted by Gasteiger charge is 2.29. The molecule has 1 aromatic rings. The van der Waals surface area contributed by atoms with Crippen LogP contribution in [-0.2, 0) is 4.79 Å². The Labute approximate surface area is 141 Å². The fourth-order valence-electron chi connectivity index (χ4n) is 2.95. The fraction of sp³-hybridized carbons (Fsp3) is 0.562. The number of halogens is 2. The van der Waals surface area contributed by atoms with E-state index in [0.717, 1.165) is 31.5 Å². The van der Waals surface area contributed by atoms with Crippen LogP contribution in [0, 0.1) is 5.92 Å². The summed E-state index contributed by atoms with van der Waals surface area (Å²) in [6.45, 7) is 4.85. The topological polar surface area (TPSA) is 58.4 Å². The molecule has 122 valence electrons. The zero-order valence-electron chi connectivity index (χ0n) is 12.8. The SMILES string of the molecule is CC(c1ccc(Cl)cc1Cl)N1CCCC(C(=O)NCCN)C1. The number of benzene rings is 1. The van der Waals surface area contributed by atoms with Crippen molar-refractivity contribution in [3.63, 3.8) is 0 Å². The molecule has 6 heteroatoms. The lowest BCUT2D eigenvalue weighted by atomic mass is 9.94. The number of carbonyl (C=O) groups is 1. The van der Waals surface area contributed by atoms with Gasteiger partial charge in [-0.2, -0.15) is 0 Å². The molecule has 1 aromatic carbocycles. The number of hydrogen-bond donors (Lipinski definition) is 2. The lowest BCUT2D eigenvalue weighted by molar-refractivity contribution is -0.126. The molecule has 1 amide bonds. The van der Waals surface area contributed by atoms with Crippen LogP contribution in [0.15, 0.2) is 18.2 Å². The van der Waals surface area contributed by atoms with Gasteiger partial charge in [0, 0.05) is 35.7 Å². The van der Waals surface area contributed by atoms with Crippen molar-refractivity contribution in [2.24, 2.45) is 11.7 Å². The standard InChI is InChI=1S/C16H23Cl2N3O/c1-11(14-5-4-13(17)9-15(14)18)21-8-2-3-12(10-21)16(22)20-7-6-19/h4-5,9,11-12H,2-3,6-8,10,19H2,1H3,(H,20,22). The fourth-order valence-corrected chi connectivity index (χ4v) is 3.52. The minimum absolute atomic E-state index is 0.0221. The lowest BCUT2D eigenvalue weighted by Crippen LogP contribution is -2.44. The quantitative estimate of drug-likeness (QED) is 0.864. The Morgan fingerprint density at radius 3 is 2.95 bits per heavy atom. The molecule has 4 nitrogen and oxygen atoms in total. The molecule has 0 bridgehead atoms. The number of rotatable bonds is 5. The summed E-state index contributed by atoms with van der Waals surface area (Å²) in [7, 11) is 0. The maximum atomic E-state index is 12.1. The largest absolute Gasteiger partial charge is 0.355 e. The summed E-state index contributed by atoms with van der Waals surface area (Å²) in [5.74, 6) is 0.123. The molecule has 0 radical (unpaired) electrons. The molecule has 0 aliphatic carbocycles. The van der Waals surface area contributed by atoms with Gasteiger partial charge in [0.2, 0.25) is 5.91 Å². The average Bonchev–Trinajstić information content (AvgIpc) is 2.52. The van der Waals surface area contributed by atoms with E-state index < -0.39 is 0 Å². The summed E-state index contributed by atoms with van der Waals surface area (Å²) >= 11 is 12.3. The molecular formula is C16H23Cl2N3O. The first-order valence-electron chi connectivity index (χ1n) is 7.69. The molecule has 0 saturated carbocycles. The summed E-state index contributed by atoms with van der Waals surface area (Å²) in [5.41, 5.74) is 6.49. The second-order valence-corrected chi connectivity index (χ2v) is 6.60. The minimum atomic E-state index is 0.0221. The summed E-state index contributed by atoms with van der Waals surface area (Å²) in [6, 6.07) is 5.75. The van der Waals surface area contributed by atoms with E-state index in [1.807, 2.05) is 12.1 Å². The normalized spacial score (nSPS) is 20.6. The first kappa shape index (κ1) is 17.5. The molecule has 2 unspecified atom stereocenters. The van der Waals surface area contributed by atoms with Crippen molar-refractivity contribution >= 4 is 29.1 Å². The Hall–Kier alpha value is -0.810. The molecule has 0 aromatic heterocycles. The third-order valence-corrected chi connectivity index (χ3v) is 4.79. The second kappa shape index (κ2) is 8.16. The van der Waals surface area contributed by atoms with Gasteiger partial charge in [-0.3, -0.25) is 9.69 Å². The van der Waals surface area contributed by atoms with E-state index in [1.54, 1.807) is 6.07 Å². The number of nitrogens with one attached hydrogen (secondary N) is 1. The molecule has 1 saturated heterocycles. The monoisotopic (exact) mass is 343 g/mol. The molecule has 1 fully saturated rings. The van der Waals surface area contributed by atoms with Crippen LogP contribution < -0.4 is 11.1 Å². The van der Waals surface area contributed by atoms with Gasteiger partial charge < -0.3 is 11.1 Å². The van der Waals surface area contributed by atoms with Gasteiger partial charge in [0.05, 0.1) is 5.92 Å². The molecule has 2 atom stereocenters. The van der Waals surface area contributed by atoms with Gasteiger partial charge in [0.15, 0.2) is 0 Å². The first-order valence-corrected chi connectivity index (χ1v) is 8.45. The van der Waals surface area contributed by atoms with E-state index in [1.165, 1.54) is 0 Å². The number of carbonyl (C=O) groups excluding carboxylic acids is 1. The van der Waals surface area contributed by atoms with E-state index >= 15 is 0 Å². The second-order valence-electron chi connectivity index (χ2n) is 5.76. The average molecular weight is 344 g/mol.